The Bertz CT molecular complexity index is 486. The van der Waals surface area contributed by atoms with Crippen LogP contribution in [-0.2, 0) is 4.79 Å². The second-order valence-electron chi connectivity index (χ2n) is 5.10. The Morgan fingerprint density at radius 2 is 2.00 bits per heavy atom. The van der Waals surface area contributed by atoms with Gasteiger partial charge in [0.25, 0.3) is 0 Å². The Labute approximate surface area is 113 Å². The average Bonchev–Trinajstić information content (AvgIpc) is 2.76. The highest BCUT2D eigenvalue weighted by Crippen LogP contribution is 2.36. The van der Waals surface area contributed by atoms with Crippen molar-refractivity contribution >= 4 is 11.6 Å². The summed E-state index contributed by atoms with van der Waals surface area (Å²) in [5, 5.41) is 2.92. The lowest BCUT2D eigenvalue weighted by Gasteiger charge is -2.19. The Hall–Kier alpha value is -1.75. The topological polar surface area (TPSA) is 73.6 Å². The molecule has 0 spiro atoms. The van der Waals surface area contributed by atoms with Crippen molar-refractivity contribution in [3.05, 3.63) is 17.7 Å². The second kappa shape index (κ2) is 5.48. The molecule has 0 fully saturated rings. The summed E-state index contributed by atoms with van der Waals surface area (Å²) < 4.78 is 10.6. The number of carbonyl (C=O) groups excluding carboxylic acids is 1. The second-order valence-corrected chi connectivity index (χ2v) is 5.10. The maximum absolute atomic E-state index is 12.2. The Balaban J connectivity index is 2.17. The number of rotatable bonds is 4. The third kappa shape index (κ3) is 2.81. The smallest absolute Gasteiger partial charge is 0.231 e. The number of hydrogen-bond acceptors (Lipinski definition) is 4. The molecule has 0 saturated carbocycles. The van der Waals surface area contributed by atoms with Crippen LogP contribution in [0, 0.1) is 18.8 Å². The van der Waals surface area contributed by atoms with Crippen molar-refractivity contribution < 1.29 is 14.3 Å². The molecule has 2 rings (SSSR count). The minimum Gasteiger partial charge on any atom is -0.454 e. The summed E-state index contributed by atoms with van der Waals surface area (Å²) in [7, 11) is 0. The Kier molecular flexibility index (Phi) is 3.95. The molecule has 0 aromatic heterocycles. The Morgan fingerprint density at radius 3 is 2.58 bits per heavy atom. The van der Waals surface area contributed by atoms with Crippen molar-refractivity contribution in [2.24, 2.45) is 17.6 Å². The first kappa shape index (κ1) is 13.7. The predicted molar refractivity (Wildman–Crippen MR) is 73.3 cm³/mol. The van der Waals surface area contributed by atoms with Crippen LogP contribution in [-0.4, -0.2) is 19.2 Å². The van der Waals surface area contributed by atoms with E-state index in [1.807, 2.05) is 26.8 Å². The molecule has 19 heavy (non-hydrogen) atoms. The highest BCUT2D eigenvalue weighted by molar-refractivity contribution is 5.94. The molecular formula is C14H20N2O3. The summed E-state index contributed by atoms with van der Waals surface area (Å²) in [5.41, 5.74) is 7.34. The van der Waals surface area contributed by atoms with Crippen LogP contribution in [0.4, 0.5) is 5.69 Å². The van der Waals surface area contributed by atoms with Gasteiger partial charge >= 0.3 is 0 Å². The van der Waals surface area contributed by atoms with Crippen LogP contribution in [0.25, 0.3) is 0 Å². The van der Waals surface area contributed by atoms with Gasteiger partial charge < -0.3 is 20.5 Å². The maximum Gasteiger partial charge on any atom is 0.231 e. The highest BCUT2D eigenvalue weighted by atomic mass is 16.7. The van der Waals surface area contributed by atoms with Crippen LogP contribution in [0.5, 0.6) is 11.5 Å². The molecule has 0 aliphatic carbocycles. The van der Waals surface area contributed by atoms with Crippen molar-refractivity contribution in [2.45, 2.75) is 20.8 Å². The summed E-state index contributed by atoms with van der Waals surface area (Å²) in [5.74, 6) is 1.34. The molecule has 0 saturated heterocycles. The van der Waals surface area contributed by atoms with Gasteiger partial charge in [0.15, 0.2) is 11.5 Å². The first-order valence-corrected chi connectivity index (χ1v) is 6.44. The van der Waals surface area contributed by atoms with Crippen molar-refractivity contribution in [3.63, 3.8) is 0 Å². The SMILES string of the molecule is Cc1cc2c(cc1NC(=O)C(CN)C(C)C)OCO2. The number of nitrogens with two attached hydrogens (primary N) is 1. The number of benzene rings is 1. The van der Waals surface area contributed by atoms with Crippen molar-refractivity contribution in [1.82, 2.24) is 0 Å². The molecule has 0 radical (unpaired) electrons. The van der Waals surface area contributed by atoms with Crippen LogP contribution >= 0.6 is 0 Å². The molecule has 1 amide bonds. The van der Waals surface area contributed by atoms with Crippen LogP contribution in [0.3, 0.4) is 0 Å². The van der Waals surface area contributed by atoms with Gasteiger partial charge in [0.05, 0.1) is 5.92 Å². The molecule has 3 N–H and O–H groups in total. The maximum atomic E-state index is 12.2. The van der Waals surface area contributed by atoms with Gasteiger partial charge in [-0.1, -0.05) is 13.8 Å². The molecule has 1 atom stereocenters. The Morgan fingerprint density at radius 1 is 1.37 bits per heavy atom. The van der Waals surface area contributed by atoms with Gasteiger partial charge in [0.2, 0.25) is 12.7 Å². The molecule has 5 heteroatoms. The lowest BCUT2D eigenvalue weighted by molar-refractivity contribution is -0.120. The zero-order valence-electron chi connectivity index (χ0n) is 11.5. The van der Waals surface area contributed by atoms with E-state index in [-0.39, 0.29) is 24.5 Å². The number of amides is 1. The molecular weight excluding hydrogens is 244 g/mol. The third-order valence-corrected chi connectivity index (χ3v) is 3.37. The van der Waals surface area contributed by atoms with E-state index in [1.54, 1.807) is 6.07 Å². The lowest BCUT2D eigenvalue weighted by atomic mass is 9.95. The first-order chi connectivity index (χ1) is 9.02. The van der Waals surface area contributed by atoms with Crippen LogP contribution in [0.15, 0.2) is 12.1 Å². The number of ether oxygens (including phenoxy) is 2. The number of anilines is 1. The molecule has 1 unspecified atom stereocenters. The van der Waals surface area contributed by atoms with E-state index in [1.165, 1.54) is 0 Å². The van der Waals surface area contributed by atoms with Gasteiger partial charge in [-0.15, -0.1) is 0 Å². The van der Waals surface area contributed by atoms with Crippen LogP contribution in [0.2, 0.25) is 0 Å². The molecule has 104 valence electrons. The standard InChI is InChI=1S/C14H20N2O3/c1-8(2)10(6-15)14(17)16-11-5-13-12(4-9(11)3)18-7-19-13/h4-5,8,10H,6-7,15H2,1-3H3,(H,16,17). The average molecular weight is 264 g/mol. The highest BCUT2D eigenvalue weighted by Gasteiger charge is 2.22. The summed E-state index contributed by atoms with van der Waals surface area (Å²) in [4.78, 5) is 12.2. The lowest BCUT2D eigenvalue weighted by Crippen LogP contribution is -2.33. The predicted octanol–water partition coefficient (Wildman–Crippen LogP) is 1.89. The number of nitrogens with one attached hydrogen (secondary N) is 1. The summed E-state index contributed by atoms with van der Waals surface area (Å²) in [6.07, 6.45) is 0. The van der Waals surface area contributed by atoms with E-state index in [4.69, 9.17) is 15.2 Å². The molecule has 1 aromatic carbocycles. The van der Waals surface area contributed by atoms with E-state index in [0.29, 0.717) is 12.3 Å². The quantitative estimate of drug-likeness (QED) is 0.871. The van der Waals surface area contributed by atoms with Gasteiger partial charge in [-0.05, 0) is 24.5 Å². The number of aryl methyl sites for hydroxylation is 1. The van der Waals surface area contributed by atoms with Crippen molar-refractivity contribution in [2.75, 3.05) is 18.7 Å². The number of hydrogen-bond donors (Lipinski definition) is 2. The van der Waals surface area contributed by atoms with E-state index in [2.05, 4.69) is 5.32 Å². The van der Waals surface area contributed by atoms with Gasteiger partial charge in [-0.3, -0.25) is 4.79 Å². The third-order valence-electron chi connectivity index (χ3n) is 3.37. The monoisotopic (exact) mass is 264 g/mol. The normalized spacial score (nSPS) is 14.6. The number of carbonyl (C=O) groups is 1. The van der Waals surface area contributed by atoms with E-state index < -0.39 is 0 Å². The summed E-state index contributed by atoms with van der Waals surface area (Å²) >= 11 is 0. The molecule has 0 bridgehead atoms. The first-order valence-electron chi connectivity index (χ1n) is 6.44. The fourth-order valence-corrected chi connectivity index (χ4v) is 2.09. The summed E-state index contributed by atoms with van der Waals surface area (Å²) in [6, 6.07) is 3.66. The molecule has 1 aliphatic heterocycles. The van der Waals surface area contributed by atoms with Crippen molar-refractivity contribution in [1.29, 1.82) is 0 Å². The van der Waals surface area contributed by atoms with E-state index in [9.17, 15) is 4.79 Å². The molecule has 1 aliphatic rings. The zero-order chi connectivity index (χ0) is 14.0. The van der Waals surface area contributed by atoms with Crippen molar-refractivity contribution in [3.8, 4) is 11.5 Å². The van der Waals surface area contributed by atoms with Gasteiger partial charge in [0.1, 0.15) is 0 Å². The fraction of sp³-hybridized carbons (Fsp3) is 0.500. The number of fused-ring (bicyclic) bond motifs is 1. The zero-order valence-corrected chi connectivity index (χ0v) is 11.5. The minimum atomic E-state index is -0.190. The molecule has 1 heterocycles. The van der Waals surface area contributed by atoms with Gasteiger partial charge in [-0.25, -0.2) is 0 Å². The van der Waals surface area contributed by atoms with Crippen LogP contribution < -0.4 is 20.5 Å². The molecule has 5 nitrogen and oxygen atoms in total. The summed E-state index contributed by atoms with van der Waals surface area (Å²) in [6.45, 7) is 6.47. The van der Waals surface area contributed by atoms with E-state index >= 15 is 0 Å². The fourth-order valence-electron chi connectivity index (χ4n) is 2.09. The van der Waals surface area contributed by atoms with Gasteiger partial charge in [-0.2, -0.15) is 0 Å². The van der Waals surface area contributed by atoms with Crippen LogP contribution in [0.1, 0.15) is 19.4 Å². The van der Waals surface area contributed by atoms with E-state index in [0.717, 1.165) is 17.0 Å². The minimum absolute atomic E-state index is 0.0561. The molecule has 1 aromatic rings. The largest absolute Gasteiger partial charge is 0.454 e. The van der Waals surface area contributed by atoms with Gasteiger partial charge in [0, 0.05) is 18.3 Å².